The molecule has 0 aliphatic rings. The van der Waals surface area contributed by atoms with Crippen molar-refractivity contribution >= 4 is 11.6 Å². The topological polar surface area (TPSA) is 107 Å². The van der Waals surface area contributed by atoms with Crippen LogP contribution in [0.4, 0.5) is 10.1 Å². The molecule has 8 heteroatoms. The van der Waals surface area contributed by atoms with Crippen molar-refractivity contribution in [3.8, 4) is 6.07 Å². The van der Waals surface area contributed by atoms with E-state index in [1.165, 1.54) is 12.1 Å². The molecule has 0 saturated heterocycles. The van der Waals surface area contributed by atoms with Gasteiger partial charge in [-0.2, -0.15) is 10.5 Å². The van der Waals surface area contributed by atoms with E-state index in [0.29, 0.717) is 0 Å². The van der Waals surface area contributed by atoms with Crippen LogP contribution in [-0.4, -0.2) is 26.5 Å². The number of hydrogen-bond donors (Lipinski definition) is 2. The lowest BCUT2D eigenvalue weighted by Gasteiger charge is -2.03. The third-order valence-corrected chi connectivity index (χ3v) is 1.89. The Bertz CT molecular complexity index is 588. The van der Waals surface area contributed by atoms with Crippen molar-refractivity contribution in [1.29, 1.82) is 5.26 Å². The maximum Gasteiger partial charge on any atom is 0.297 e. The zero-order valence-corrected chi connectivity index (χ0v) is 8.31. The Balaban J connectivity index is 2.20. The Morgan fingerprint density at radius 1 is 1.53 bits per heavy atom. The van der Waals surface area contributed by atoms with Crippen LogP contribution in [0.3, 0.4) is 0 Å². The van der Waals surface area contributed by atoms with Crippen molar-refractivity contribution in [3.63, 3.8) is 0 Å². The monoisotopic (exact) mass is 232 g/mol. The highest BCUT2D eigenvalue weighted by molar-refractivity contribution is 6.01. The van der Waals surface area contributed by atoms with Crippen LogP contribution in [0.15, 0.2) is 18.2 Å². The molecule has 1 aromatic carbocycles. The van der Waals surface area contributed by atoms with Crippen molar-refractivity contribution in [2.45, 2.75) is 0 Å². The minimum absolute atomic E-state index is 0.0567. The van der Waals surface area contributed by atoms with Crippen LogP contribution in [-0.2, 0) is 0 Å². The second-order valence-corrected chi connectivity index (χ2v) is 3.00. The summed E-state index contributed by atoms with van der Waals surface area (Å²) in [5.41, 5.74) is 0.110. The highest BCUT2D eigenvalue weighted by atomic mass is 19.1. The highest BCUT2D eigenvalue weighted by Gasteiger charge is 2.13. The van der Waals surface area contributed by atoms with Crippen molar-refractivity contribution < 1.29 is 9.18 Å². The molecular weight excluding hydrogens is 227 g/mol. The number of benzene rings is 1. The average Bonchev–Trinajstić information content (AvgIpc) is 2.85. The summed E-state index contributed by atoms with van der Waals surface area (Å²) in [7, 11) is 0. The number of hydrogen-bond acceptors (Lipinski definition) is 5. The van der Waals surface area contributed by atoms with Gasteiger partial charge < -0.3 is 5.32 Å². The van der Waals surface area contributed by atoms with Gasteiger partial charge in [-0.1, -0.05) is 0 Å². The molecule has 7 nitrogen and oxygen atoms in total. The molecule has 2 rings (SSSR count). The number of anilines is 1. The largest absolute Gasteiger partial charge is 0.317 e. The minimum Gasteiger partial charge on any atom is -0.317 e. The zero-order chi connectivity index (χ0) is 12.3. The smallest absolute Gasteiger partial charge is 0.297 e. The van der Waals surface area contributed by atoms with Gasteiger partial charge in [0.15, 0.2) is 0 Å². The summed E-state index contributed by atoms with van der Waals surface area (Å²) in [6, 6.07) is 5.47. The number of halogens is 1. The van der Waals surface area contributed by atoms with Gasteiger partial charge in [0.1, 0.15) is 5.82 Å². The lowest BCUT2D eigenvalue weighted by molar-refractivity contribution is 0.101. The molecule has 0 unspecified atom stereocenters. The first-order valence-electron chi connectivity index (χ1n) is 4.45. The van der Waals surface area contributed by atoms with Crippen LogP contribution in [0.1, 0.15) is 16.2 Å². The SMILES string of the molecule is N#Cc1ccc(NC(=O)c2nn[nH]n2)c(F)c1. The maximum atomic E-state index is 13.4. The first-order valence-corrected chi connectivity index (χ1v) is 4.45. The summed E-state index contributed by atoms with van der Waals surface area (Å²) in [4.78, 5) is 11.5. The van der Waals surface area contributed by atoms with E-state index in [9.17, 15) is 9.18 Å². The number of nitrogens with one attached hydrogen (secondary N) is 2. The van der Waals surface area contributed by atoms with E-state index in [1.54, 1.807) is 6.07 Å². The van der Waals surface area contributed by atoms with E-state index in [2.05, 4.69) is 25.9 Å². The highest BCUT2D eigenvalue weighted by Crippen LogP contribution is 2.15. The fourth-order valence-electron chi connectivity index (χ4n) is 1.12. The lowest BCUT2D eigenvalue weighted by atomic mass is 10.2. The normalized spacial score (nSPS) is 9.65. The van der Waals surface area contributed by atoms with E-state index in [4.69, 9.17) is 5.26 Å². The molecular formula is C9H5FN6O. The van der Waals surface area contributed by atoms with E-state index in [1.807, 2.05) is 0 Å². The molecule has 2 N–H and O–H groups in total. The molecule has 84 valence electrons. The molecule has 0 atom stereocenters. The molecule has 0 aliphatic heterocycles. The predicted octanol–water partition coefficient (Wildman–Crippen LogP) is 0.463. The zero-order valence-electron chi connectivity index (χ0n) is 8.31. The molecule has 0 aliphatic carbocycles. The van der Waals surface area contributed by atoms with Crippen molar-refractivity contribution in [2.75, 3.05) is 5.32 Å². The molecule has 1 heterocycles. The number of nitrogens with zero attached hydrogens (tertiary/aromatic N) is 4. The second-order valence-electron chi connectivity index (χ2n) is 3.00. The summed E-state index contributed by atoms with van der Waals surface area (Å²) >= 11 is 0. The predicted molar refractivity (Wildman–Crippen MR) is 53.2 cm³/mol. The molecule has 0 radical (unpaired) electrons. The standard InChI is InChI=1S/C9H5FN6O/c10-6-3-5(4-11)1-2-7(6)12-9(17)8-13-15-16-14-8/h1-3H,(H,12,17)(H,13,14,15,16). The number of carbonyl (C=O) groups excluding carboxylic acids is 1. The van der Waals surface area contributed by atoms with E-state index >= 15 is 0 Å². The van der Waals surface area contributed by atoms with Crippen LogP contribution in [0, 0.1) is 17.1 Å². The molecule has 2 aromatic rings. The van der Waals surface area contributed by atoms with Gasteiger partial charge >= 0.3 is 0 Å². The number of tetrazole rings is 1. The van der Waals surface area contributed by atoms with Gasteiger partial charge in [-0.3, -0.25) is 4.79 Å². The summed E-state index contributed by atoms with van der Waals surface area (Å²) < 4.78 is 13.4. The van der Waals surface area contributed by atoms with Crippen LogP contribution in [0.5, 0.6) is 0 Å². The molecule has 0 fully saturated rings. The van der Waals surface area contributed by atoms with E-state index in [0.717, 1.165) is 6.07 Å². The Hall–Kier alpha value is -2.82. The number of amides is 1. The van der Waals surface area contributed by atoms with Gasteiger partial charge in [0.05, 0.1) is 17.3 Å². The van der Waals surface area contributed by atoms with Gasteiger partial charge in [0.25, 0.3) is 11.7 Å². The Morgan fingerprint density at radius 2 is 2.35 bits per heavy atom. The molecule has 1 aromatic heterocycles. The van der Waals surface area contributed by atoms with Crippen molar-refractivity contribution in [3.05, 3.63) is 35.4 Å². The first kappa shape index (κ1) is 10.7. The summed E-state index contributed by atoms with van der Waals surface area (Å²) in [5, 5.41) is 23.0. The van der Waals surface area contributed by atoms with Crippen molar-refractivity contribution in [2.24, 2.45) is 0 Å². The van der Waals surface area contributed by atoms with Crippen LogP contribution < -0.4 is 5.32 Å². The number of H-pyrrole nitrogens is 1. The molecule has 17 heavy (non-hydrogen) atoms. The fourth-order valence-corrected chi connectivity index (χ4v) is 1.12. The summed E-state index contributed by atoms with van der Waals surface area (Å²) in [6.07, 6.45) is 0. The fraction of sp³-hybridized carbons (Fsp3) is 0. The average molecular weight is 232 g/mol. The summed E-state index contributed by atoms with van der Waals surface area (Å²) in [5.74, 6) is -1.60. The van der Waals surface area contributed by atoms with Gasteiger partial charge in [0.2, 0.25) is 0 Å². The van der Waals surface area contributed by atoms with Gasteiger partial charge in [0, 0.05) is 0 Å². The molecule has 1 amide bonds. The quantitative estimate of drug-likeness (QED) is 0.782. The molecule has 0 saturated carbocycles. The van der Waals surface area contributed by atoms with Crippen LogP contribution in [0.25, 0.3) is 0 Å². The number of carbonyl (C=O) groups is 1. The van der Waals surface area contributed by atoms with Crippen molar-refractivity contribution in [1.82, 2.24) is 20.6 Å². The van der Waals surface area contributed by atoms with Crippen LogP contribution >= 0.6 is 0 Å². The number of nitriles is 1. The van der Waals surface area contributed by atoms with E-state index < -0.39 is 11.7 Å². The molecule has 0 bridgehead atoms. The van der Waals surface area contributed by atoms with Gasteiger partial charge in [-0.05, 0) is 23.4 Å². The number of aromatic nitrogens is 4. The third kappa shape index (κ3) is 2.23. The maximum absolute atomic E-state index is 13.4. The first-order chi connectivity index (χ1) is 8.20. The lowest BCUT2D eigenvalue weighted by Crippen LogP contribution is -2.14. The van der Waals surface area contributed by atoms with Gasteiger partial charge in [-0.25, -0.2) is 4.39 Å². The van der Waals surface area contributed by atoms with Gasteiger partial charge in [-0.15, -0.1) is 10.2 Å². The Morgan fingerprint density at radius 3 is 2.94 bits per heavy atom. The Labute approximate surface area is 94.3 Å². The molecule has 0 spiro atoms. The second kappa shape index (κ2) is 4.36. The summed E-state index contributed by atoms with van der Waals surface area (Å²) in [6.45, 7) is 0. The minimum atomic E-state index is -0.708. The third-order valence-electron chi connectivity index (χ3n) is 1.89. The number of aromatic amines is 1. The van der Waals surface area contributed by atoms with Crippen LogP contribution in [0.2, 0.25) is 0 Å². The van der Waals surface area contributed by atoms with E-state index in [-0.39, 0.29) is 17.1 Å². The number of rotatable bonds is 2. The Kier molecular flexibility index (Phi) is 2.74.